The van der Waals surface area contributed by atoms with Gasteiger partial charge in [0.05, 0.1) is 0 Å². The number of benzene rings is 1. The maximum Gasteiger partial charge on any atom is 0.163 e. The quantitative estimate of drug-likeness (QED) is 0.754. The van der Waals surface area contributed by atoms with E-state index in [1.165, 1.54) is 0 Å². The number of carbonyl (C=O) groups is 1. The lowest BCUT2D eigenvalue weighted by molar-refractivity contribution is 0.0981. The van der Waals surface area contributed by atoms with Crippen molar-refractivity contribution in [3.05, 3.63) is 53.3 Å². The first kappa shape index (κ1) is 11.6. The van der Waals surface area contributed by atoms with E-state index in [-0.39, 0.29) is 5.78 Å². The van der Waals surface area contributed by atoms with Crippen LogP contribution < -0.4 is 0 Å². The molecule has 1 aromatic heterocycles. The second-order valence-corrected chi connectivity index (χ2v) is 4.18. The molecule has 1 aromatic carbocycles. The third kappa shape index (κ3) is 2.61. The summed E-state index contributed by atoms with van der Waals surface area (Å²) in [6.07, 6.45) is 3.03. The molecule has 0 radical (unpaired) electrons. The fraction of sp³-hybridized carbons (Fsp3) is 0.286. The molecule has 0 bridgehead atoms. The lowest BCUT2D eigenvalue weighted by atomic mass is 10.0. The maximum absolute atomic E-state index is 12.0. The van der Waals surface area contributed by atoms with Crippen LogP contribution in [0.25, 0.3) is 0 Å². The van der Waals surface area contributed by atoms with E-state index in [9.17, 15) is 4.79 Å². The molecule has 0 saturated carbocycles. The van der Waals surface area contributed by atoms with Crippen LogP contribution in [0.2, 0.25) is 0 Å². The Hall–Kier alpha value is -1.90. The predicted molar refractivity (Wildman–Crippen MR) is 67.0 cm³/mol. The fourth-order valence-corrected chi connectivity index (χ4v) is 1.91. The third-order valence-electron chi connectivity index (χ3n) is 2.98. The van der Waals surface area contributed by atoms with Crippen LogP contribution in [-0.4, -0.2) is 15.6 Å². The highest BCUT2D eigenvalue weighted by molar-refractivity contribution is 5.97. The summed E-state index contributed by atoms with van der Waals surface area (Å²) in [6, 6.07) is 9.67. The molecule has 0 fully saturated rings. The second-order valence-electron chi connectivity index (χ2n) is 4.18. The van der Waals surface area contributed by atoms with Crippen molar-refractivity contribution in [3.8, 4) is 0 Å². The Bertz CT molecular complexity index is 529. The summed E-state index contributed by atoms with van der Waals surface area (Å²) >= 11 is 0. The lowest BCUT2D eigenvalue weighted by Gasteiger charge is -2.04. The van der Waals surface area contributed by atoms with Crippen LogP contribution in [0, 0.1) is 6.92 Å². The zero-order valence-electron chi connectivity index (χ0n) is 10.2. The van der Waals surface area contributed by atoms with Crippen LogP contribution in [-0.2, 0) is 13.5 Å². The van der Waals surface area contributed by atoms with Gasteiger partial charge in [0.2, 0.25) is 0 Å². The van der Waals surface area contributed by atoms with Crippen molar-refractivity contribution in [1.29, 1.82) is 0 Å². The Morgan fingerprint density at radius 2 is 2.06 bits per heavy atom. The summed E-state index contributed by atoms with van der Waals surface area (Å²) in [7, 11) is 1.90. The van der Waals surface area contributed by atoms with E-state index in [1.807, 2.05) is 49.0 Å². The zero-order valence-corrected chi connectivity index (χ0v) is 10.2. The first-order valence-corrected chi connectivity index (χ1v) is 5.74. The smallest absolute Gasteiger partial charge is 0.163 e. The number of ketones is 1. The molecule has 0 amide bonds. The Morgan fingerprint density at radius 1 is 1.29 bits per heavy atom. The van der Waals surface area contributed by atoms with Crippen LogP contribution in [0.15, 0.2) is 36.5 Å². The molecule has 0 aliphatic heterocycles. The molecule has 17 heavy (non-hydrogen) atoms. The summed E-state index contributed by atoms with van der Waals surface area (Å²) in [5.41, 5.74) is 2.96. The Balaban J connectivity index is 2.04. The van der Waals surface area contributed by atoms with Gasteiger partial charge in [-0.3, -0.25) is 9.48 Å². The third-order valence-corrected chi connectivity index (χ3v) is 2.98. The van der Waals surface area contributed by atoms with Crippen molar-refractivity contribution in [3.63, 3.8) is 0 Å². The fourth-order valence-electron chi connectivity index (χ4n) is 1.91. The van der Waals surface area contributed by atoms with E-state index in [1.54, 1.807) is 6.20 Å². The Labute approximate surface area is 101 Å². The predicted octanol–water partition coefficient (Wildman–Crippen LogP) is 2.54. The molecule has 3 heteroatoms. The van der Waals surface area contributed by atoms with Gasteiger partial charge in [-0.25, -0.2) is 0 Å². The van der Waals surface area contributed by atoms with Gasteiger partial charge in [0, 0.05) is 30.9 Å². The summed E-state index contributed by atoms with van der Waals surface area (Å²) in [5.74, 6) is 0.198. The summed E-state index contributed by atoms with van der Waals surface area (Å²) < 4.78 is 1.81. The molecule has 88 valence electrons. The highest BCUT2D eigenvalue weighted by atomic mass is 16.1. The van der Waals surface area contributed by atoms with Crippen LogP contribution in [0.1, 0.15) is 28.0 Å². The van der Waals surface area contributed by atoms with E-state index in [2.05, 4.69) is 5.10 Å². The van der Waals surface area contributed by atoms with Gasteiger partial charge in [-0.15, -0.1) is 0 Å². The van der Waals surface area contributed by atoms with Gasteiger partial charge in [0.15, 0.2) is 5.78 Å². The van der Waals surface area contributed by atoms with Gasteiger partial charge in [-0.2, -0.15) is 5.10 Å². The van der Waals surface area contributed by atoms with Crippen LogP contribution in [0.4, 0.5) is 0 Å². The van der Waals surface area contributed by atoms with E-state index in [0.717, 1.165) is 23.2 Å². The molecule has 0 aliphatic rings. The summed E-state index contributed by atoms with van der Waals surface area (Å²) in [4.78, 5) is 12.0. The standard InChI is InChI=1S/C14H16N2O/c1-11-5-3-4-6-13(11)14(17)8-7-12-9-10-15-16(12)2/h3-6,9-10H,7-8H2,1-2H3. The number of nitrogens with zero attached hydrogens (tertiary/aromatic N) is 2. The number of hydrogen-bond donors (Lipinski definition) is 0. The molecule has 0 saturated heterocycles. The molecule has 0 unspecified atom stereocenters. The number of rotatable bonds is 4. The van der Waals surface area contributed by atoms with Gasteiger partial charge in [-0.05, 0) is 25.0 Å². The molecule has 3 nitrogen and oxygen atoms in total. The monoisotopic (exact) mass is 228 g/mol. The van der Waals surface area contributed by atoms with Gasteiger partial charge < -0.3 is 0 Å². The first-order chi connectivity index (χ1) is 8.18. The van der Waals surface area contributed by atoms with Crippen LogP contribution in [0.3, 0.4) is 0 Å². The lowest BCUT2D eigenvalue weighted by Crippen LogP contribution is -2.05. The van der Waals surface area contributed by atoms with E-state index in [0.29, 0.717) is 6.42 Å². The summed E-state index contributed by atoms with van der Waals surface area (Å²) in [5, 5.41) is 4.09. The topological polar surface area (TPSA) is 34.9 Å². The normalized spacial score (nSPS) is 10.5. The Kier molecular flexibility index (Phi) is 3.38. The Morgan fingerprint density at radius 3 is 2.71 bits per heavy atom. The molecule has 0 aliphatic carbocycles. The van der Waals surface area contributed by atoms with E-state index in [4.69, 9.17) is 0 Å². The number of aryl methyl sites for hydroxylation is 3. The summed E-state index contributed by atoms with van der Waals surface area (Å²) in [6.45, 7) is 1.97. The minimum atomic E-state index is 0.198. The second kappa shape index (κ2) is 4.95. The molecule has 0 N–H and O–H groups in total. The van der Waals surface area contributed by atoms with Crippen molar-refractivity contribution in [1.82, 2.24) is 9.78 Å². The van der Waals surface area contributed by atoms with Crippen molar-refractivity contribution < 1.29 is 4.79 Å². The number of aromatic nitrogens is 2. The largest absolute Gasteiger partial charge is 0.294 e. The highest BCUT2D eigenvalue weighted by Crippen LogP contribution is 2.11. The highest BCUT2D eigenvalue weighted by Gasteiger charge is 2.09. The van der Waals surface area contributed by atoms with Crippen LogP contribution >= 0.6 is 0 Å². The SMILES string of the molecule is Cc1ccccc1C(=O)CCc1ccnn1C. The van der Waals surface area contributed by atoms with E-state index < -0.39 is 0 Å². The molecular weight excluding hydrogens is 212 g/mol. The number of Topliss-reactive ketones (excluding diaryl/α,β-unsaturated/α-hetero) is 1. The minimum absolute atomic E-state index is 0.198. The van der Waals surface area contributed by atoms with Gasteiger partial charge in [0.25, 0.3) is 0 Å². The number of carbonyl (C=O) groups excluding carboxylic acids is 1. The minimum Gasteiger partial charge on any atom is -0.294 e. The van der Waals surface area contributed by atoms with Gasteiger partial charge >= 0.3 is 0 Å². The first-order valence-electron chi connectivity index (χ1n) is 5.74. The molecule has 0 spiro atoms. The molecule has 1 heterocycles. The van der Waals surface area contributed by atoms with Crippen molar-refractivity contribution in [2.45, 2.75) is 19.8 Å². The molecule has 2 rings (SSSR count). The van der Waals surface area contributed by atoms with Gasteiger partial charge in [0.1, 0.15) is 0 Å². The maximum atomic E-state index is 12.0. The molecular formula is C14H16N2O. The van der Waals surface area contributed by atoms with Gasteiger partial charge in [-0.1, -0.05) is 24.3 Å². The number of hydrogen-bond acceptors (Lipinski definition) is 2. The van der Waals surface area contributed by atoms with Crippen molar-refractivity contribution >= 4 is 5.78 Å². The zero-order chi connectivity index (χ0) is 12.3. The van der Waals surface area contributed by atoms with Crippen LogP contribution in [0.5, 0.6) is 0 Å². The molecule has 0 atom stereocenters. The average Bonchev–Trinajstić information content (AvgIpc) is 2.72. The van der Waals surface area contributed by atoms with Crippen molar-refractivity contribution in [2.24, 2.45) is 7.05 Å². The average molecular weight is 228 g/mol. The van der Waals surface area contributed by atoms with Crippen molar-refractivity contribution in [2.75, 3.05) is 0 Å². The van der Waals surface area contributed by atoms with E-state index >= 15 is 0 Å². The molecule has 2 aromatic rings.